The molecule has 24 heavy (non-hydrogen) atoms. The SMILES string of the molecule is CC(Sc1nnc(-c2cccs2)o1)C(=O)Nc1sccc1C(N)=O. The van der Waals surface area contributed by atoms with E-state index in [0.29, 0.717) is 21.7 Å². The number of carbonyl (C=O) groups excluding carboxylic acids is 2. The molecule has 0 radical (unpaired) electrons. The van der Waals surface area contributed by atoms with E-state index < -0.39 is 11.2 Å². The lowest BCUT2D eigenvalue weighted by Crippen LogP contribution is -2.23. The molecule has 0 saturated heterocycles. The van der Waals surface area contributed by atoms with Crippen LogP contribution in [0, 0.1) is 0 Å². The van der Waals surface area contributed by atoms with E-state index in [4.69, 9.17) is 10.2 Å². The molecular formula is C14H12N4O3S3. The molecule has 0 saturated carbocycles. The number of hydrogen-bond acceptors (Lipinski definition) is 8. The zero-order chi connectivity index (χ0) is 17.1. The number of aromatic nitrogens is 2. The molecule has 3 aromatic heterocycles. The molecular weight excluding hydrogens is 368 g/mol. The third kappa shape index (κ3) is 3.66. The Kier molecular flexibility index (Phi) is 4.97. The highest BCUT2D eigenvalue weighted by molar-refractivity contribution is 8.00. The second kappa shape index (κ2) is 7.16. The van der Waals surface area contributed by atoms with E-state index >= 15 is 0 Å². The molecule has 10 heteroatoms. The zero-order valence-electron chi connectivity index (χ0n) is 12.4. The van der Waals surface area contributed by atoms with Crippen LogP contribution in [0.1, 0.15) is 17.3 Å². The van der Waals surface area contributed by atoms with Gasteiger partial charge in [0.2, 0.25) is 5.91 Å². The number of nitrogens with zero attached hydrogens (tertiary/aromatic N) is 2. The van der Waals surface area contributed by atoms with Crippen molar-refractivity contribution in [3.8, 4) is 10.8 Å². The molecule has 1 atom stereocenters. The summed E-state index contributed by atoms with van der Waals surface area (Å²) in [6, 6.07) is 5.35. The molecule has 0 bridgehead atoms. The van der Waals surface area contributed by atoms with Crippen LogP contribution in [0.3, 0.4) is 0 Å². The van der Waals surface area contributed by atoms with Gasteiger partial charge < -0.3 is 15.5 Å². The molecule has 0 aliphatic rings. The van der Waals surface area contributed by atoms with Crippen molar-refractivity contribution < 1.29 is 14.0 Å². The predicted octanol–water partition coefficient (Wildman–Crippen LogP) is 3.08. The van der Waals surface area contributed by atoms with Crippen LogP contribution in [0.5, 0.6) is 0 Å². The minimum Gasteiger partial charge on any atom is -0.410 e. The van der Waals surface area contributed by atoms with Crippen molar-refractivity contribution in [2.75, 3.05) is 5.32 Å². The molecule has 3 heterocycles. The van der Waals surface area contributed by atoms with Gasteiger partial charge in [0.05, 0.1) is 15.7 Å². The quantitative estimate of drug-likeness (QED) is 0.636. The normalized spacial score (nSPS) is 12.0. The molecule has 3 aromatic rings. The Hall–Kier alpha value is -2.17. The number of nitrogens with two attached hydrogens (primary N) is 1. The van der Waals surface area contributed by atoms with Gasteiger partial charge in [-0.1, -0.05) is 17.8 Å². The number of primary amides is 1. The maximum absolute atomic E-state index is 12.3. The highest BCUT2D eigenvalue weighted by Gasteiger charge is 2.21. The number of thioether (sulfide) groups is 1. The molecule has 7 nitrogen and oxygen atoms in total. The average Bonchev–Trinajstić information content (AvgIpc) is 3.28. The molecule has 0 spiro atoms. The van der Waals surface area contributed by atoms with Crippen LogP contribution in [0.25, 0.3) is 10.8 Å². The lowest BCUT2D eigenvalue weighted by molar-refractivity contribution is -0.115. The summed E-state index contributed by atoms with van der Waals surface area (Å²) in [7, 11) is 0. The number of nitrogens with one attached hydrogen (secondary N) is 1. The summed E-state index contributed by atoms with van der Waals surface area (Å²) in [6.45, 7) is 1.71. The molecule has 0 aliphatic heterocycles. The largest absolute Gasteiger partial charge is 0.410 e. The van der Waals surface area contributed by atoms with Crippen LogP contribution in [0.15, 0.2) is 38.6 Å². The van der Waals surface area contributed by atoms with Gasteiger partial charge in [-0.25, -0.2) is 0 Å². The Balaban J connectivity index is 1.64. The van der Waals surface area contributed by atoms with Crippen LogP contribution in [0.2, 0.25) is 0 Å². The Bertz CT molecular complexity index is 856. The molecule has 0 fully saturated rings. The summed E-state index contributed by atoms with van der Waals surface area (Å²) in [4.78, 5) is 24.4. The summed E-state index contributed by atoms with van der Waals surface area (Å²) in [5.74, 6) is -0.431. The maximum Gasteiger partial charge on any atom is 0.277 e. The first-order chi connectivity index (χ1) is 11.5. The van der Waals surface area contributed by atoms with Gasteiger partial charge in [-0.15, -0.1) is 32.9 Å². The van der Waals surface area contributed by atoms with E-state index in [1.54, 1.807) is 18.4 Å². The van der Waals surface area contributed by atoms with Gasteiger partial charge in [0.1, 0.15) is 5.00 Å². The highest BCUT2D eigenvalue weighted by atomic mass is 32.2. The van der Waals surface area contributed by atoms with Crippen LogP contribution in [-0.2, 0) is 4.79 Å². The van der Waals surface area contributed by atoms with Crippen molar-refractivity contribution in [2.45, 2.75) is 17.4 Å². The van der Waals surface area contributed by atoms with E-state index in [1.165, 1.54) is 22.7 Å². The van der Waals surface area contributed by atoms with Gasteiger partial charge >= 0.3 is 0 Å². The third-order valence-electron chi connectivity index (χ3n) is 2.95. The number of hydrogen-bond donors (Lipinski definition) is 2. The van der Waals surface area contributed by atoms with Crippen LogP contribution >= 0.6 is 34.4 Å². The Morgan fingerprint density at radius 2 is 2.12 bits per heavy atom. The first-order valence-corrected chi connectivity index (χ1v) is 9.40. The van der Waals surface area contributed by atoms with Crippen LogP contribution < -0.4 is 11.1 Å². The lowest BCUT2D eigenvalue weighted by Gasteiger charge is -2.09. The summed E-state index contributed by atoms with van der Waals surface area (Å²) < 4.78 is 5.55. The van der Waals surface area contributed by atoms with Crippen molar-refractivity contribution in [1.29, 1.82) is 0 Å². The van der Waals surface area contributed by atoms with Crippen molar-refractivity contribution in [3.05, 3.63) is 34.5 Å². The molecule has 2 amide bonds. The number of thiophene rings is 2. The minimum absolute atomic E-state index is 0.277. The molecule has 0 aromatic carbocycles. The van der Waals surface area contributed by atoms with Gasteiger partial charge in [-0.2, -0.15) is 0 Å². The van der Waals surface area contributed by atoms with E-state index in [2.05, 4.69) is 15.5 Å². The van der Waals surface area contributed by atoms with E-state index in [0.717, 1.165) is 16.6 Å². The molecule has 3 rings (SSSR count). The fourth-order valence-electron chi connectivity index (χ4n) is 1.78. The molecule has 0 aliphatic carbocycles. The summed E-state index contributed by atoms with van der Waals surface area (Å²) in [6.07, 6.45) is 0. The molecule has 3 N–H and O–H groups in total. The first kappa shape index (κ1) is 16.7. The Labute approximate surface area is 149 Å². The number of anilines is 1. The van der Waals surface area contributed by atoms with Crippen molar-refractivity contribution in [3.63, 3.8) is 0 Å². The van der Waals surface area contributed by atoms with Gasteiger partial charge in [0, 0.05) is 0 Å². The summed E-state index contributed by atoms with van der Waals surface area (Å²) >= 11 is 3.88. The minimum atomic E-state index is -0.579. The van der Waals surface area contributed by atoms with Crippen LogP contribution in [0.4, 0.5) is 5.00 Å². The number of carbonyl (C=O) groups is 2. The van der Waals surface area contributed by atoms with E-state index in [-0.39, 0.29) is 5.91 Å². The zero-order valence-corrected chi connectivity index (χ0v) is 14.8. The highest BCUT2D eigenvalue weighted by Crippen LogP contribution is 2.29. The summed E-state index contributed by atoms with van der Waals surface area (Å²) in [5, 5.41) is 14.5. The molecule has 1 unspecified atom stereocenters. The van der Waals surface area contributed by atoms with E-state index in [9.17, 15) is 9.59 Å². The Morgan fingerprint density at radius 3 is 2.83 bits per heavy atom. The van der Waals surface area contributed by atoms with Gasteiger partial charge in [0.15, 0.2) is 0 Å². The van der Waals surface area contributed by atoms with Crippen molar-refractivity contribution in [2.24, 2.45) is 5.73 Å². The molecule has 124 valence electrons. The topological polar surface area (TPSA) is 111 Å². The van der Waals surface area contributed by atoms with Crippen LogP contribution in [-0.4, -0.2) is 27.3 Å². The summed E-state index contributed by atoms with van der Waals surface area (Å²) in [5.41, 5.74) is 5.56. The second-order valence-electron chi connectivity index (χ2n) is 4.63. The standard InChI is InChI=1S/C14H12N4O3S3/c1-7(11(20)16-13-8(10(15)19)4-6-23-13)24-14-18-17-12(21-14)9-3-2-5-22-9/h2-7H,1H3,(H2,15,19)(H,16,20). The smallest absolute Gasteiger partial charge is 0.277 e. The van der Waals surface area contributed by atoms with Crippen molar-refractivity contribution >= 4 is 51.3 Å². The van der Waals surface area contributed by atoms with E-state index in [1.807, 2.05) is 17.5 Å². The lowest BCUT2D eigenvalue weighted by atomic mass is 10.3. The maximum atomic E-state index is 12.3. The average molecular weight is 380 g/mol. The first-order valence-electron chi connectivity index (χ1n) is 6.77. The van der Waals surface area contributed by atoms with Gasteiger partial charge in [0.25, 0.3) is 17.0 Å². The number of rotatable bonds is 6. The second-order valence-corrected chi connectivity index (χ2v) is 7.78. The van der Waals surface area contributed by atoms with Gasteiger partial charge in [-0.05, 0) is 29.8 Å². The van der Waals surface area contributed by atoms with Gasteiger partial charge in [-0.3, -0.25) is 9.59 Å². The van der Waals surface area contributed by atoms with Crippen molar-refractivity contribution in [1.82, 2.24) is 10.2 Å². The monoisotopic (exact) mass is 380 g/mol. The fourth-order valence-corrected chi connectivity index (χ4v) is 3.90. The number of amides is 2. The predicted molar refractivity (Wildman–Crippen MR) is 94.4 cm³/mol. The fraction of sp³-hybridized carbons (Fsp3) is 0.143. The Morgan fingerprint density at radius 1 is 1.29 bits per heavy atom. The third-order valence-corrected chi connectivity index (χ3v) is 5.57.